The Kier molecular flexibility index (Phi) is 7.88. The Hall–Kier alpha value is -1.77. The molecule has 170 valence electrons. The van der Waals surface area contributed by atoms with Crippen LogP contribution in [0.4, 0.5) is 13.2 Å². The third-order valence-corrected chi connectivity index (χ3v) is 6.47. The zero-order chi connectivity index (χ0) is 22.6. The van der Waals surface area contributed by atoms with Crippen LogP contribution < -0.4 is 0 Å². The Morgan fingerprint density at radius 3 is 2.45 bits per heavy atom. The number of amides is 1. The summed E-state index contributed by atoms with van der Waals surface area (Å²) in [5, 5.41) is 6.28. The minimum absolute atomic E-state index is 0.103. The summed E-state index contributed by atoms with van der Waals surface area (Å²) in [5.74, 6) is -0.114. The number of piperidine rings is 1. The second-order valence-corrected chi connectivity index (χ2v) is 8.57. The van der Waals surface area contributed by atoms with E-state index in [0.29, 0.717) is 28.1 Å². The van der Waals surface area contributed by atoms with Gasteiger partial charge in [0.05, 0.1) is 0 Å². The zero-order valence-corrected chi connectivity index (χ0v) is 18.7. The highest BCUT2D eigenvalue weighted by molar-refractivity contribution is 6.36. The first-order chi connectivity index (χ1) is 14.7. The summed E-state index contributed by atoms with van der Waals surface area (Å²) in [4.78, 5) is 17.0. The van der Waals surface area contributed by atoms with Gasteiger partial charge in [-0.25, -0.2) is 0 Å². The van der Waals surface area contributed by atoms with Crippen molar-refractivity contribution in [1.82, 2.24) is 20.0 Å². The van der Waals surface area contributed by atoms with E-state index in [1.54, 1.807) is 18.2 Å². The summed E-state index contributed by atoms with van der Waals surface area (Å²) in [7, 11) is 0. The highest BCUT2D eigenvalue weighted by atomic mass is 35.5. The van der Waals surface area contributed by atoms with Gasteiger partial charge in [0, 0.05) is 34.8 Å². The average molecular weight is 477 g/mol. The predicted octanol–water partition coefficient (Wildman–Crippen LogP) is 5.50. The number of benzene rings is 1. The van der Waals surface area contributed by atoms with Gasteiger partial charge in [-0.3, -0.25) is 9.89 Å². The Labute approximate surface area is 189 Å². The van der Waals surface area contributed by atoms with E-state index in [2.05, 4.69) is 22.0 Å². The molecular weight excluding hydrogens is 452 g/mol. The number of nitrogens with zero attached hydrogens (tertiary/aromatic N) is 3. The molecule has 0 saturated carbocycles. The van der Waals surface area contributed by atoms with Crippen LogP contribution in [0.25, 0.3) is 0 Å². The van der Waals surface area contributed by atoms with Gasteiger partial charge in [-0.15, -0.1) is 0 Å². The molecule has 0 spiro atoms. The summed E-state index contributed by atoms with van der Waals surface area (Å²) in [6, 6.07) is 5.78. The topological polar surface area (TPSA) is 52.2 Å². The Balaban J connectivity index is 1.77. The molecule has 1 aliphatic rings. The van der Waals surface area contributed by atoms with Crippen LogP contribution in [-0.4, -0.2) is 52.1 Å². The van der Waals surface area contributed by atoms with Gasteiger partial charge in [0.1, 0.15) is 5.69 Å². The van der Waals surface area contributed by atoms with Crippen LogP contribution in [0, 0.1) is 5.92 Å². The van der Waals surface area contributed by atoms with Gasteiger partial charge in [0.15, 0.2) is 5.69 Å². The minimum atomic E-state index is -4.63. The normalized spacial score (nSPS) is 15.9. The summed E-state index contributed by atoms with van der Waals surface area (Å²) in [5.41, 5.74) is -0.773. The smallest absolute Gasteiger partial charge is 0.333 e. The third kappa shape index (κ3) is 6.14. The molecule has 1 aliphatic heterocycles. The van der Waals surface area contributed by atoms with Gasteiger partial charge in [-0.05, 0) is 56.9 Å². The Morgan fingerprint density at radius 1 is 1.26 bits per heavy atom. The van der Waals surface area contributed by atoms with Gasteiger partial charge >= 0.3 is 6.18 Å². The molecule has 2 heterocycles. The second kappa shape index (κ2) is 10.2. The molecule has 0 atom stereocenters. The predicted molar refractivity (Wildman–Crippen MR) is 114 cm³/mol. The molecule has 2 aromatic rings. The molecule has 1 saturated heterocycles. The molecule has 1 amide bonds. The highest BCUT2D eigenvalue weighted by Crippen LogP contribution is 2.30. The number of alkyl halides is 3. The molecular formula is C21H25Cl2F3N4O. The second-order valence-electron chi connectivity index (χ2n) is 7.76. The molecule has 3 rings (SSSR count). The van der Waals surface area contributed by atoms with Crippen molar-refractivity contribution in [2.45, 2.75) is 38.9 Å². The maximum Gasteiger partial charge on any atom is 0.435 e. The maximum atomic E-state index is 13.1. The van der Waals surface area contributed by atoms with Crippen molar-refractivity contribution in [1.29, 1.82) is 0 Å². The van der Waals surface area contributed by atoms with E-state index in [1.165, 1.54) is 4.90 Å². The van der Waals surface area contributed by atoms with Gasteiger partial charge in [0.25, 0.3) is 5.91 Å². The monoisotopic (exact) mass is 476 g/mol. The van der Waals surface area contributed by atoms with E-state index < -0.39 is 17.8 Å². The lowest BCUT2D eigenvalue weighted by atomic mass is 9.93. The fraction of sp³-hybridized carbons (Fsp3) is 0.524. The first kappa shape index (κ1) is 23.9. The van der Waals surface area contributed by atoms with Gasteiger partial charge in [-0.2, -0.15) is 18.3 Å². The van der Waals surface area contributed by atoms with Crippen molar-refractivity contribution in [2.75, 3.05) is 26.2 Å². The Bertz CT molecular complexity index is 875. The molecule has 0 radical (unpaired) electrons. The van der Waals surface area contributed by atoms with Gasteiger partial charge in [-0.1, -0.05) is 36.2 Å². The fourth-order valence-corrected chi connectivity index (χ4v) is 4.32. The number of H-pyrrole nitrogens is 1. The van der Waals surface area contributed by atoms with E-state index >= 15 is 0 Å². The van der Waals surface area contributed by atoms with Crippen molar-refractivity contribution in [3.05, 3.63) is 51.3 Å². The largest absolute Gasteiger partial charge is 0.435 e. The van der Waals surface area contributed by atoms with Gasteiger partial charge in [0.2, 0.25) is 0 Å². The van der Waals surface area contributed by atoms with E-state index in [-0.39, 0.29) is 12.2 Å². The van der Waals surface area contributed by atoms with Crippen molar-refractivity contribution in [3.63, 3.8) is 0 Å². The number of carbonyl (C=O) groups is 1. The molecule has 5 nitrogen and oxygen atoms in total. The summed E-state index contributed by atoms with van der Waals surface area (Å²) in [6.07, 6.45) is -1.80. The number of carbonyl (C=O) groups excluding carboxylic acids is 1. The molecule has 0 unspecified atom stereocenters. The first-order valence-electron chi connectivity index (χ1n) is 10.3. The Morgan fingerprint density at radius 2 is 1.90 bits per heavy atom. The number of aromatic amines is 1. The molecule has 1 fully saturated rings. The quantitative estimate of drug-likeness (QED) is 0.573. The number of hydrogen-bond acceptors (Lipinski definition) is 3. The van der Waals surface area contributed by atoms with Crippen LogP contribution in [0.1, 0.15) is 47.9 Å². The standard InChI is InChI=1S/C21H25Cl2F3N4O/c1-2-29-9-6-14(7-10-29)8-11-30(13-15-16(22)4-3-5-17(15)23)20(31)18-12-19(28-27-18)21(24,25)26/h3-5,12,14H,2,6-11,13H2,1H3,(H,27,28). The fourth-order valence-electron chi connectivity index (χ4n) is 3.80. The maximum absolute atomic E-state index is 13.1. The molecule has 31 heavy (non-hydrogen) atoms. The number of hydrogen-bond donors (Lipinski definition) is 1. The number of aromatic nitrogens is 2. The minimum Gasteiger partial charge on any atom is -0.333 e. The SMILES string of the molecule is CCN1CCC(CCN(Cc2c(Cl)cccc2Cl)C(=O)c2cc(C(F)(F)F)n[nH]2)CC1. The summed E-state index contributed by atoms with van der Waals surface area (Å²) < 4.78 is 38.8. The van der Waals surface area contributed by atoms with Crippen LogP contribution >= 0.6 is 23.2 Å². The van der Waals surface area contributed by atoms with Crippen LogP contribution in [-0.2, 0) is 12.7 Å². The number of likely N-dealkylation sites (tertiary alicyclic amines) is 1. The van der Waals surface area contributed by atoms with Crippen LogP contribution in [0.2, 0.25) is 10.0 Å². The molecule has 10 heteroatoms. The highest BCUT2D eigenvalue weighted by Gasteiger charge is 2.35. The van der Waals surface area contributed by atoms with Crippen molar-refractivity contribution in [3.8, 4) is 0 Å². The zero-order valence-electron chi connectivity index (χ0n) is 17.2. The van der Waals surface area contributed by atoms with Crippen LogP contribution in [0.3, 0.4) is 0 Å². The van der Waals surface area contributed by atoms with E-state index in [9.17, 15) is 18.0 Å². The first-order valence-corrected chi connectivity index (χ1v) is 11.0. The third-order valence-electron chi connectivity index (χ3n) is 5.76. The number of nitrogens with one attached hydrogen (secondary N) is 1. The van der Waals surface area contributed by atoms with Crippen molar-refractivity contribution < 1.29 is 18.0 Å². The summed E-state index contributed by atoms with van der Waals surface area (Å²) in [6.45, 7) is 5.67. The molecule has 0 aliphatic carbocycles. The lowest BCUT2D eigenvalue weighted by Gasteiger charge is -2.32. The van der Waals surface area contributed by atoms with Crippen molar-refractivity contribution in [2.24, 2.45) is 5.92 Å². The lowest BCUT2D eigenvalue weighted by molar-refractivity contribution is -0.141. The molecule has 1 aromatic carbocycles. The average Bonchev–Trinajstić information content (AvgIpc) is 3.24. The lowest BCUT2D eigenvalue weighted by Crippen LogP contribution is -2.36. The van der Waals surface area contributed by atoms with Crippen LogP contribution in [0.15, 0.2) is 24.3 Å². The van der Waals surface area contributed by atoms with E-state index in [4.69, 9.17) is 23.2 Å². The summed E-state index contributed by atoms with van der Waals surface area (Å²) >= 11 is 12.5. The van der Waals surface area contributed by atoms with E-state index in [1.807, 2.05) is 0 Å². The van der Waals surface area contributed by atoms with Crippen molar-refractivity contribution >= 4 is 29.1 Å². The molecule has 1 aromatic heterocycles. The van der Waals surface area contributed by atoms with Gasteiger partial charge < -0.3 is 9.80 Å². The number of halogens is 5. The van der Waals surface area contributed by atoms with E-state index in [0.717, 1.165) is 45.0 Å². The van der Waals surface area contributed by atoms with Crippen LogP contribution in [0.5, 0.6) is 0 Å². The molecule has 0 bridgehead atoms. The molecule has 1 N–H and O–H groups in total. The number of rotatable bonds is 7.